The Kier molecular flexibility index (Phi) is 9.23. The summed E-state index contributed by atoms with van der Waals surface area (Å²) in [5, 5.41) is 3.20. The number of anilines is 1. The summed E-state index contributed by atoms with van der Waals surface area (Å²) in [6.45, 7) is 4.57. The Labute approximate surface area is 228 Å². The molecule has 0 fully saturated rings. The number of carbonyl (C=O) groups is 2. The van der Waals surface area contributed by atoms with E-state index >= 15 is 0 Å². The number of amides is 2. The minimum atomic E-state index is -4.13. The fraction of sp³-hybridized carbons (Fsp3) is 0.259. The van der Waals surface area contributed by atoms with Crippen LogP contribution in [-0.4, -0.2) is 44.8 Å². The van der Waals surface area contributed by atoms with E-state index in [4.69, 9.17) is 23.2 Å². The number of nitrogens with zero attached hydrogens (tertiary/aromatic N) is 2. The molecule has 0 aliphatic rings. The third kappa shape index (κ3) is 6.44. The molecule has 196 valence electrons. The molecule has 0 saturated heterocycles. The van der Waals surface area contributed by atoms with Crippen LogP contribution in [0.15, 0.2) is 71.6 Å². The lowest BCUT2D eigenvalue weighted by atomic mass is 10.1. The van der Waals surface area contributed by atoms with Gasteiger partial charge in [0.05, 0.1) is 10.6 Å². The van der Waals surface area contributed by atoms with Crippen LogP contribution < -0.4 is 9.62 Å². The van der Waals surface area contributed by atoms with E-state index in [-0.39, 0.29) is 11.4 Å². The van der Waals surface area contributed by atoms with Crippen molar-refractivity contribution in [2.24, 2.45) is 0 Å². The maximum atomic E-state index is 13.8. The molecule has 0 bridgehead atoms. The van der Waals surface area contributed by atoms with E-state index in [1.807, 2.05) is 6.92 Å². The molecule has 0 heterocycles. The van der Waals surface area contributed by atoms with Crippen LogP contribution in [-0.2, 0) is 26.2 Å². The van der Waals surface area contributed by atoms with Crippen LogP contribution >= 0.6 is 23.2 Å². The molecule has 0 saturated carbocycles. The summed E-state index contributed by atoms with van der Waals surface area (Å²) in [7, 11) is -2.67. The van der Waals surface area contributed by atoms with Gasteiger partial charge in [0.15, 0.2) is 0 Å². The highest BCUT2D eigenvalue weighted by Gasteiger charge is 2.33. The number of rotatable bonds is 9. The van der Waals surface area contributed by atoms with Crippen molar-refractivity contribution in [2.75, 3.05) is 17.9 Å². The molecule has 1 atom stereocenters. The van der Waals surface area contributed by atoms with Gasteiger partial charge in [-0.2, -0.15) is 0 Å². The Morgan fingerprint density at radius 2 is 1.51 bits per heavy atom. The van der Waals surface area contributed by atoms with E-state index in [9.17, 15) is 18.0 Å². The Balaban J connectivity index is 2.08. The number of sulfonamides is 1. The Morgan fingerprint density at radius 1 is 0.919 bits per heavy atom. The van der Waals surface area contributed by atoms with Crippen LogP contribution in [0, 0.1) is 13.8 Å². The van der Waals surface area contributed by atoms with Gasteiger partial charge in [-0.15, -0.1) is 0 Å². The van der Waals surface area contributed by atoms with E-state index in [1.54, 1.807) is 68.4 Å². The molecule has 0 unspecified atom stereocenters. The predicted molar refractivity (Wildman–Crippen MR) is 147 cm³/mol. The highest BCUT2D eigenvalue weighted by molar-refractivity contribution is 7.92. The van der Waals surface area contributed by atoms with Crippen LogP contribution in [0.2, 0.25) is 10.0 Å². The summed E-state index contributed by atoms with van der Waals surface area (Å²) >= 11 is 12.7. The van der Waals surface area contributed by atoms with Gasteiger partial charge in [0.25, 0.3) is 10.0 Å². The predicted octanol–water partition coefficient (Wildman–Crippen LogP) is 4.97. The van der Waals surface area contributed by atoms with Crippen molar-refractivity contribution in [3.8, 4) is 0 Å². The summed E-state index contributed by atoms with van der Waals surface area (Å²) in [5.74, 6) is -1.01. The number of para-hydroxylation sites is 1. The first-order valence-corrected chi connectivity index (χ1v) is 13.8. The fourth-order valence-corrected chi connectivity index (χ4v) is 5.83. The smallest absolute Gasteiger partial charge is 0.264 e. The zero-order valence-corrected chi connectivity index (χ0v) is 23.4. The second-order valence-corrected chi connectivity index (χ2v) is 11.3. The maximum absolute atomic E-state index is 13.8. The SMILES string of the molecule is CNC(=O)[C@H](C)N(Cc1c(Cl)cccc1Cl)C(=O)CN(c1ccccc1C)S(=O)(=O)c1ccc(C)cc1. The largest absolute Gasteiger partial charge is 0.357 e. The molecule has 0 spiro atoms. The summed E-state index contributed by atoms with van der Waals surface area (Å²) in [4.78, 5) is 27.7. The van der Waals surface area contributed by atoms with Crippen molar-refractivity contribution in [2.45, 2.75) is 38.3 Å². The van der Waals surface area contributed by atoms with Gasteiger partial charge in [-0.25, -0.2) is 8.42 Å². The standard InChI is InChI=1S/C27H29Cl2N3O4S/c1-18-12-14-21(15-13-18)37(35,36)32(25-11-6-5-8-19(25)2)17-26(33)31(20(3)27(34)30-4)16-22-23(28)9-7-10-24(22)29/h5-15,20H,16-17H2,1-4H3,(H,30,34)/t20-/m0/s1. The lowest BCUT2D eigenvalue weighted by Gasteiger charge is -2.32. The van der Waals surface area contributed by atoms with Crippen molar-refractivity contribution in [3.05, 3.63) is 93.5 Å². The van der Waals surface area contributed by atoms with Crippen molar-refractivity contribution in [3.63, 3.8) is 0 Å². The van der Waals surface area contributed by atoms with Crippen LogP contribution in [0.4, 0.5) is 5.69 Å². The normalized spacial score (nSPS) is 12.1. The van der Waals surface area contributed by atoms with E-state index in [0.29, 0.717) is 26.9 Å². The third-order valence-electron chi connectivity index (χ3n) is 6.08. The third-order valence-corrected chi connectivity index (χ3v) is 8.56. The van der Waals surface area contributed by atoms with Gasteiger partial charge in [0.2, 0.25) is 11.8 Å². The zero-order chi connectivity index (χ0) is 27.3. The highest BCUT2D eigenvalue weighted by atomic mass is 35.5. The highest BCUT2D eigenvalue weighted by Crippen LogP contribution is 2.29. The molecular weight excluding hydrogens is 533 g/mol. The Bertz CT molecular complexity index is 1370. The quantitative estimate of drug-likeness (QED) is 0.399. The van der Waals surface area contributed by atoms with E-state index in [0.717, 1.165) is 9.87 Å². The van der Waals surface area contributed by atoms with Gasteiger partial charge >= 0.3 is 0 Å². The van der Waals surface area contributed by atoms with Crippen molar-refractivity contribution < 1.29 is 18.0 Å². The fourth-order valence-electron chi connectivity index (χ4n) is 3.84. The monoisotopic (exact) mass is 561 g/mol. The molecule has 2 amide bonds. The first kappa shape index (κ1) is 28.5. The molecule has 3 aromatic rings. The van der Waals surface area contributed by atoms with Crippen LogP contribution in [0.3, 0.4) is 0 Å². The number of aryl methyl sites for hydroxylation is 2. The van der Waals surface area contributed by atoms with Gasteiger partial charge in [-0.1, -0.05) is 65.2 Å². The van der Waals surface area contributed by atoms with Gasteiger partial charge in [-0.05, 0) is 56.7 Å². The van der Waals surface area contributed by atoms with E-state index in [1.165, 1.54) is 24.1 Å². The van der Waals surface area contributed by atoms with Crippen LogP contribution in [0.25, 0.3) is 0 Å². The summed E-state index contributed by atoms with van der Waals surface area (Å²) in [5.41, 5.74) is 2.39. The average Bonchev–Trinajstić information content (AvgIpc) is 2.87. The molecule has 10 heteroatoms. The topological polar surface area (TPSA) is 86.8 Å². The van der Waals surface area contributed by atoms with E-state index in [2.05, 4.69) is 5.32 Å². The zero-order valence-electron chi connectivity index (χ0n) is 21.0. The second-order valence-electron chi connectivity index (χ2n) is 8.62. The minimum Gasteiger partial charge on any atom is -0.357 e. The summed E-state index contributed by atoms with van der Waals surface area (Å²) in [6.07, 6.45) is 0. The van der Waals surface area contributed by atoms with Gasteiger partial charge < -0.3 is 10.2 Å². The molecule has 0 aliphatic carbocycles. The number of hydrogen-bond donors (Lipinski definition) is 1. The first-order chi connectivity index (χ1) is 17.5. The lowest BCUT2D eigenvalue weighted by Crippen LogP contribution is -2.50. The van der Waals surface area contributed by atoms with Crippen molar-refractivity contribution in [1.29, 1.82) is 0 Å². The number of hydrogen-bond acceptors (Lipinski definition) is 4. The molecule has 0 aliphatic heterocycles. The number of likely N-dealkylation sites (N-methyl/N-ethyl adjacent to an activating group) is 1. The second kappa shape index (κ2) is 12.0. The van der Waals surface area contributed by atoms with Crippen LogP contribution in [0.1, 0.15) is 23.6 Å². The average molecular weight is 563 g/mol. The van der Waals surface area contributed by atoms with Crippen LogP contribution in [0.5, 0.6) is 0 Å². The summed E-state index contributed by atoms with van der Waals surface area (Å²) < 4.78 is 28.7. The maximum Gasteiger partial charge on any atom is 0.264 e. The van der Waals surface area contributed by atoms with Crippen molar-refractivity contribution in [1.82, 2.24) is 10.2 Å². The Morgan fingerprint density at radius 3 is 2.08 bits per heavy atom. The Hall–Kier alpha value is -3.07. The molecule has 3 aromatic carbocycles. The van der Waals surface area contributed by atoms with Gasteiger partial charge in [-0.3, -0.25) is 13.9 Å². The molecule has 37 heavy (non-hydrogen) atoms. The van der Waals surface area contributed by atoms with Crippen molar-refractivity contribution >= 4 is 50.7 Å². The molecule has 3 rings (SSSR count). The van der Waals surface area contributed by atoms with E-state index < -0.39 is 34.4 Å². The van der Waals surface area contributed by atoms with Gasteiger partial charge in [0.1, 0.15) is 12.6 Å². The first-order valence-electron chi connectivity index (χ1n) is 11.6. The molecular formula is C27H29Cl2N3O4S. The van der Waals surface area contributed by atoms with Gasteiger partial charge in [0, 0.05) is 29.2 Å². The molecule has 1 N–H and O–H groups in total. The lowest BCUT2D eigenvalue weighted by molar-refractivity contribution is -0.139. The molecule has 0 radical (unpaired) electrons. The summed E-state index contributed by atoms with van der Waals surface area (Å²) in [6, 6.07) is 17.3. The number of halogens is 2. The molecule has 0 aromatic heterocycles. The minimum absolute atomic E-state index is 0.0502. The number of carbonyl (C=O) groups excluding carboxylic acids is 2. The molecule has 7 nitrogen and oxygen atoms in total. The number of nitrogens with one attached hydrogen (secondary N) is 1. The number of benzene rings is 3.